The van der Waals surface area contributed by atoms with Crippen molar-refractivity contribution in [2.45, 2.75) is 37.5 Å². The van der Waals surface area contributed by atoms with Crippen molar-refractivity contribution in [2.75, 3.05) is 0 Å². The van der Waals surface area contributed by atoms with E-state index in [1.54, 1.807) is 0 Å². The van der Waals surface area contributed by atoms with Crippen molar-refractivity contribution < 1.29 is 0 Å². The minimum Gasteiger partial charge on any atom is -0.118 e. The average molecular weight is 197 g/mol. The van der Waals surface area contributed by atoms with Gasteiger partial charge < -0.3 is 0 Å². The third kappa shape index (κ3) is 5.70. The lowest BCUT2D eigenvalue weighted by atomic mass is 10.1. The second kappa shape index (κ2) is 6.97. The summed E-state index contributed by atoms with van der Waals surface area (Å²) in [6.45, 7) is 0. The van der Waals surface area contributed by atoms with Gasteiger partial charge >= 0.3 is 0 Å². The Morgan fingerprint density at radius 2 is 1.31 bits per heavy atom. The van der Waals surface area contributed by atoms with Crippen LogP contribution in [0.5, 0.6) is 0 Å². The van der Waals surface area contributed by atoms with Crippen LogP contribution in [-0.2, 0) is 0 Å². The Hall–Kier alpha value is -0.490. The molecule has 0 saturated carbocycles. The van der Waals surface area contributed by atoms with Gasteiger partial charge in [0.1, 0.15) is 0 Å². The molecule has 1 aliphatic carbocycles. The molecule has 0 N–H and O–H groups in total. The SMILES string of the molecule is ClC1/C=C\CC/C=C\CC/C=C\C1. The van der Waals surface area contributed by atoms with E-state index in [0.717, 1.165) is 32.1 Å². The summed E-state index contributed by atoms with van der Waals surface area (Å²) in [5.74, 6) is 0. The van der Waals surface area contributed by atoms with Gasteiger partial charge in [-0.1, -0.05) is 36.5 Å². The lowest BCUT2D eigenvalue weighted by Gasteiger charge is -1.99. The summed E-state index contributed by atoms with van der Waals surface area (Å²) >= 11 is 6.06. The van der Waals surface area contributed by atoms with E-state index in [2.05, 4.69) is 36.5 Å². The minimum absolute atomic E-state index is 0.180. The zero-order valence-corrected chi connectivity index (χ0v) is 8.71. The molecule has 0 aromatic rings. The standard InChI is InChI=1S/C12H17Cl/c13-12-10-8-6-4-2-1-3-5-7-9-11-12/h1-2,7-10,12H,3-6,11H2/b2-1-,9-7-,10-8-. The fourth-order valence-electron chi connectivity index (χ4n) is 1.29. The first kappa shape index (κ1) is 10.6. The Balaban J connectivity index is 2.41. The zero-order valence-electron chi connectivity index (χ0n) is 7.95. The molecule has 0 fully saturated rings. The molecule has 0 radical (unpaired) electrons. The van der Waals surface area contributed by atoms with Crippen LogP contribution in [0, 0.1) is 0 Å². The van der Waals surface area contributed by atoms with E-state index in [-0.39, 0.29) is 5.38 Å². The predicted octanol–water partition coefficient (Wildman–Crippen LogP) is 4.23. The number of halogens is 1. The smallest absolute Gasteiger partial charge is 0.0550 e. The molecule has 1 unspecified atom stereocenters. The van der Waals surface area contributed by atoms with E-state index >= 15 is 0 Å². The number of rotatable bonds is 0. The van der Waals surface area contributed by atoms with Crippen molar-refractivity contribution >= 4 is 11.6 Å². The fraction of sp³-hybridized carbons (Fsp3) is 0.500. The molecule has 0 heterocycles. The molecule has 1 aliphatic rings. The van der Waals surface area contributed by atoms with Crippen molar-refractivity contribution in [3.63, 3.8) is 0 Å². The largest absolute Gasteiger partial charge is 0.118 e. The first-order valence-corrected chi connectivity index (χ1v) is 5.44. The van der Waals surface area contributed by atoms with Crippen molar-refractivity contribution in [1.82, 2.24) is 0 Å². The number of hydrogen-bond acceptors (Lipinski definition) is 0. The Morgan fingerprint density at radius 1 is 0.769 bits per heavy atom. The van der Waals surface area contributed by atoms with Crippen LogP contribution in [0.3, 0.4) is 0 Å². The molecule has 1 atom stereocenters. The van der Waals surface area contributed by atoms with Crippen LogP contribution in [0.2, 0.25) is 0 Å². The maximum atomic E-state index is 6.06. The highest BCUT2D eigenvalue weighted by molar-refractivity contribution is 6.21. The van der Waals surface area contributed by atoms with Crippen molar-refractivity contribution in [1.29, 1.82) is 0 Å². The number of hydrogen-bond donors (Lipinski definition) is 0. The van der Waals surface area contributed by atoms with E-state index in [1.165, 1.54) is 0 Å². The highest BCUT2D eigenvalue weighted by Gasteiger charge is 1.94. The van der Waals surface area contributed by atoms with E-state index in [9.17, 15) is 0 Å². The summed E-state index contributed by atoms with van der Waals surface area (Å²) in [6, 6.07) is 0. The predicted molar refractivity (Wildman–Crippen MR) is 60.1 cm³/mol. The van der Waals surface area contributed by atoms with Crippen molar-refractivity contribution in [3.8, 4) is 0 Å². The lowest BCUT2D eigenvalue weighted by molar-refractivity contribution is 0.965. The van der Waals surface area contributed by atoms with Crippen LogP contribution >= 0.6 is 11.6 Å². The van der Waals surface area contributed by atoms with Gasteiger partial charge in [0.05, 0.1) is 5.38 Å². The van der Waals surface area contributed by atoms with Crippen LogP contribution in [0.25, 0.3) is 0 Å². The molecule has 72 valence electrons. The molecular weight excluding hydrogens is 180 g/mol. The van der Waals surface area contributed by atoms with Gasteiger partial charge in [-0.2, -0.15) is 0 Å². The van der Waals surface area contributed by atoms with Crippen molar-refractivity contribution in [2.24, 2.45) is 0 Å². The quantitative estimate of drug-likeness (QED) is 0.402. The van der Waals surface area contributed by atoms with Gasteiger partial charge in [0.15, 0.2) is 0 Å². The second-order valence-electron chi connectivity index (χ2n) is 3.28. The Labute approximate surface area is 86.0 Å². The molecule has 0 aliphatic heterocycles. The fourth-order valence-corrected chi connectivity index (χ4v) is 1.49. The van der Waals surface area contributed by atoms with E-state index in [0.29, 0.717) is 0 Å². The van der Waals surface area contributed by atoms with E-state index in [4.69, 9.17) is 11.6 Å². The minimum atomic E-state index is 0.180. The highest BCUT2D eigenvalue weighted by Crippen LogP contribution is 2.08. The molecule has 0 aromatic heterocycles. The molecular formula is C12H17Cl. The van der Waals surface area contributed by atoms with E-state index < -0.39 is 0 Å². The lowest BCUT2D eigenvalue weighted by Crippen LogP contribution is -1.89. The summed E-state index contributed by atoms with van der Waals surface area (Å²) in [7, 11) is 0. The maximum Gasteiger partial charge on any atom is 0.0550 e. The topological polar surface area (TPSA) is 0 Å². The molecule has 1 heteroatoms. The summed E-state index contributed by atoms with van der Waals surface area (Å²) < 4.78 is 0. The van der Waals surface area contributed by atoms with Gasteiger partial charge in [0, 0.05) is 0 Å². The molecule has 0 saturated heterocycles. The van der Waals surface area contributed by atoms with Gasteiger partial charge in [-0.25, -0.2) is 0 Å². The maximum absolute atomic E-state index is 6.06. The Bertz CT molecular complexity index is 201. The van der Waals surface area contributed by atoms with Crippen LogP contribution < -0.4 is 0 Å². The zero-order chi connectivity index (χ0) is 9.36. The summed E-state index contributed by atoms with van der Waals surface area (Å²) in [6.07, 6.45) is 18.7. The molecule has 0 aromatic carbocycles. The van der Waals surface area contributed by atoms with Gasteiger partial charge in [-0.15, -0.1) is 11.6 Å². The van der Waals surface area contributed by atoms with E-state index in [1.807, 2.05) is 0 Å². The van der Waals surface area contributed by atoms with Crippen LogP contribution in [0.4, 0.5) is 0 Å². The van der Waals surface area contributed by atoms with Gasteiger partial charge in [0.2, 0.25) is 0 Å². The van der Waals surface area contributed by atoms with Crippen LogP contribution in [0.15, 0.2) is 36.5 Å². The Kier molecular flexibility index (Phi) is 5.67. The van der Waals surface area contributed by atoms with Gasteiger partial charge in [-0.05, 0) is 32.1 Å². The van der Waals surface area contributed by atoms with Gasteiger partial charge in [-0.3, -0.25) is 0 Å². The van der Waals surface area contributed by atoms with Crippen molar-refractivity contribution in [3.05, 3.63) is 36.5 Å². The Morgan fingerprint density at radius 3 is 2.00 bits per heavy atom. The summed E-state index contributed by atoms with van der Waals surface area (Å²) in [4.78, 5) is 0. The highest BCUT2D eigenvalue weighted by atomic mass is 35.5. The first-order valence-electron chi connectivity index (χ1n) is 5.00. The molecule has 0 spiro atoms. The monoisotopic (exact) mass is 196 g/mol. The molecule has 1 rings (SSSR count). The number of allylic oxidation sites excluding steroid dienone is 6. The first-order chi connectivity index (χ1) is 6.39. The normalized spacial score (nSPS) is 32.5. The van der Waals surface area contributed by atoms with Crippen LogP contribution in [-0.4, -0.2) is 5.38 Å². The van der Waals surface area contributed by atoms with Crippen LogP contribution in [0.1, 0.15) is 32.1 Å². The molecule has 0 amide bonds. The average Bonchev–Trinajstić information content (AvgIpc) is 2.11. The third-order valence-corrected chi connectivity index (χ3v) is 2.36. The molecule has 0 nitrogen and oxygen atoms in total. The molecule has 0 bridgehead atoms. The summed E-state index contributed by atoms with van der Waals surface area (Å²) in [5, 5.41) is 0.180. The third-order valence-electron chi connectivity index (χ3n) is 2.04. The second-order valence-corrected chi connectivity index (χ2v) is 3.84. The molecule has 13 heavy (non-hydrogen) atoms. The number of alkyl halides is 1. The van der Waals surface area contributed by atoms with Gasteiger partial charge in [0.25, 0.3) is 0 Å². The summed E-state index contributed by atoms with van der Waals surface area (Å²) in [5.41, 5.74) is 0.